The van der Waals surface area contributed by atoms with Gasteiger partial charge in [0.25, 0.3) is 0 Å². The molecule has 1 rings (SSSR count). The van der Waals surface area contributed by atoms with E-state index in [9.17, 15) is 5.11 Å². The third kappa shape index (κ3) is 4.28. The van der Waals surface area contributed by atoms with Crippen LogP contribution in [0, 0.1) is 11.3 Å². The Kier molecular flexibility index (Phi) is 4.18. The van der Waals surface area contributed by atoms with Crippen molar-refractivity contribution in [2.45, 2.75) is 59.0 Å². The molecule has 0 radical (unpaired) electrons. The number of aliphatic hydroxyl groups is 1. The van der Waals surface area contributed by atoms with Crippen molar-refractivity contribution in [1.29, 1.82) is 0 Å². The van der Waals surface area contributed by atoms with E-state index in [2.05, 4.69) is 26.8 Å². The van der Waals surface area contributed by atoms with Crippen molar-refractivity contribution in [3.05, 3.63) is 12.2 Å². The highest BCUT2D eigenvalue weighted by Gasteiger charge is 2.19. The molecule has 0 saturated heterocycles. The van der Waals surface area contributed by atoms with Crippen molar-refractivity contribution in [2.24, 2.45) is 11.3 Å². The molecule has 0 aromatic carbocycles. The van der Waals surface area contributed by atoms with Gasteiger partial charge in [0.1, 0.15) is 0 Å². The quantitative estimate of drug-likeness (QED) is 0.670. The molecule has 1 aliphatic rings. The fraction of sp³-hybridized carbons (Fsp3) is 0.846. The van der Waals surface area contributed by atoms with E-state index in [1.165, 1.54) is 32.1 Å². The Balaban J connectivity index is 2.40. The molecule has 0 unspecified atom stereocenters. The summed E-state index contributed by atoms with van der Waals surface area (Å²) >= 11 is 0. The lowest BCUT2D eigenvalue weighted by molar-refractivity contribution is 0.124. The minimum absolute atomic E-state index is 0.190. The van der Waals surface area contributed by atoms with E-state index in [-0.39, 0.29) is 11.5 Å². The summed E-state index contributed by atoms with van der Waals surface area (Å²) < 4.78 is 0. The van der Waals surface area contributed by atoms with Crippen molar-refractivity contribution in [2.75, 3.05) is 0 Å². The normalized spacial score (nSPS) is 22.9. The first-order valence-electron chi connectivity index (χ1n) is 5.86. The smallest absolute Gasteiger partial charge is 0.0749 e. The molecule has 0 spiro atoms. The minimum atomic E-state index is -0.213. The topological polar surface area (TPSA) is 20.2 Å². The summed E-state index contributed by atoms with van der Waals surface area (Å²) in [5.41, 5.74) is 0.190. The third-order valence-corrected chi connectivity index (χ3v) is 2.93. The second-order valence-corrected chi connectivity index (χ2v) is 5.61. The Morgan fingerprint density at radius 3 is 2.21 bits per heavy atom. The van der Waals surface area contributed by atoms with Gasteiger partial charge in [-0.15, -0.1) is 0 Å². The summed E-state index contributed by atoms with van der Waals surface area (Å²) in [5.74, 6) is 0.516. The van der Waals surface area contributed by atoms with Gasteiger partial charge >= 0.3 is 0 Å². The van der Waals surface area contributed by atoms with E-state index in [0.29, 0.717) is 5.92 Å². The van der Waals surface area contributed by atoms with Crippen LogP contribution in [0.2, 0.25) is 0 Å². The molecule has 0 amide bonds. The van der Waals surface area contributed by atoms with Gasteiger partial charge in [0, 0.05) is 0 Å². The Bertz CT molecular complexity index is 182. The van der Waals surface area contributed by atoms with Gasteiger partial charge in [-0.25, -0.2) is 0 Å². The van der Waals surface area contributed by atoms with Crippen LogP contribution in [0.5, 0.6) is 0 Å². The van der Waals surface area contributed by atoms with Crippen LogP contribution in [0.25, 0.3) is 0 Å². The maximum absolute atomic E-state index is 9.95. The highest BCUT2D eigenvalue weighted by Crippen LogP contribution is 2.27. The summed E-state index contributed by atoms with van der Waals surface area (Å²) in [6, 6.07) is 0. The van der Waals surface area contributed by atoms with Gasteiger partial charge in [-0.2, -0.15) is 0 Å². The lowest BCUT2D eigenvalue weighted by Gasteiger charge is -2.25. The molecule has 1 N–H and O–H groups in total. The molecule has 1 aliphatic carbocycles. The van der Waals surface area contributed by atoms with Crippen LogP contribution >= 0.6 is 0 Å². The predicted octanol–water partition coefficient (Wildman–Crippen LogP) is 3.53. The van der Waals surface area contributed by atoms with Crippen molar-refractivity contribution < 1.29 is 5.11 Å². The van der Waals surface area contributed by atoms with Crippen LogP contribution in [0.4, 0.5) is 0 Å². The maximum Gasteiger partial charge on any atom is 0.0749 e. The number of rotatable bonds is 2. The average Bonchev–Trinajstić information content (AvgIpc) is 2.14. The zero-order valence-corrected chi connectivity index (χ0v) is 9.79. The molecule has 1 heteroatoms. The fourth-order valence-electron chi connectivity index (χ4n) is 2.02. The predicted molar refractivity (Wildman–Crippen MR) is 61.2 cm³/mol. The highest BCUT2D eigenvalue weighted by molar-refractivity contribution is 4.98. The molecule has 0 heterocycles. The van der Waals surface area contributed by atoms with Gasteiger partial charge in [0.15, 0.2) is 0 Å². The Labute approximate surface area is 88.2 Å². The summed E-state index contributed by atoms with van der Waals surface area (Å²) in [5, 5.41) is 9.95. The first-order chi connectivity index (χ1) is 6.49. The van der Waals surface area contributed by atoms with Gasteiger partial charge in [-0.05, 0) is 24.2 Å². The molecule has 1 fully saturated rings. The molecular weight excluding hydrogens is 172 g/mol. The highest BCUT2D eigenvalue weighted by atomic mass is 16.3. The number of hydrogen-bond donors (Lipinski definition) is 1. The standard InChI is InChI=1S/C13H24O/c1-13(2,3)10-9-12(14)11-7-5-4-6-8-11/h9-12,14H,4-8H2,1-3H3/t12-/m1/s1. The van der Waals surface area contributed by atoms with Crippen LogP contribution in [-0.4, -0.2) is 11.2 Å². The Hall–Kier alpha value is -0.300. The van der Waals surface area contributed by atoms with Gasteiger partial charge < -0.3 is 5.11 Å². The SMILES string of the molecule is CC(C)(C)C=C[C@@H](O)C1CCCCC1. The van der Waals surface area contributed by atoms with E-state index in [1.807, 2.05) is 6.08 Å². The molecule has 1 atom stereocenters. The maximum atomic E-state index is 9.95. The van der Waals surface area contributed by atoms with E-state index in [0.717, 1.165) is 0 Å². The first-order valence-corrected chi connectivity index (χ1v) is 5.86. The molecule has 1 saturated carbocycles. The molecule has 0 aromatic heterocycles. The molecule has 82 valence electrons. The molecule has 14 heavy (non-hydrogen) atoms. The number of aliphatic hydroxyl groups excluding tert-OH is 1. The molecule has 0 bridgehead atoms. The summed E-state index contributed by atoms with van der Waals surface area (Å²) in [6.07, 6.45) is 10.3. The number of hydrogen-bond acceptors (Lipinski definition) is 1. The summed E-state index contributed by atoms with van der Waals surface area (Å²) in [7, 11) is 0. The van der Waals surface area contributed by atoms with Crippen LogP contribution in [0.15, 0.2) is 12.2 Å². The van der Waals surface area contributed by atoms with Gasteiger partial charge in [0.05, 0.1) is 6.10 Å². The fourth-order valence-corrected chi connectivity index (χ4v) is 2.02. The zero-order valence-electron chi connectivity index (χ0n) is 9.79. The van der Waals surface area contributed by atoms with Gasteiger partial charge in [0.2, 0.25) is 0 Å². The average molecular weight is 196 g/mol. The lowest BCUT2D eigenvalue weighted by Crippen LogP contribution is -2.21. The summed E-state index contributed by atoms with van der Waals surface area (Å²) in [6.45, 7) is 6.49. The van der Waals surface area contributed by atoms with Gasteiger partial charge in [-0.3, -0.25) is 0 Å². The van der Waals surface area contributed by atoms with Crippen LogP contribution in [0.1, 0.15) is 52.9 Å². The minimum Gasteiger partial charge on any atom is -0.389 e. The van der Waals surface area contributed by atoms with E-state index >= 15 is 0 Å². The molecular formula is C13H24O. The van der Waals surface area contributed by atoms with E-state index < -0.39 is 0 Å². The third-order valence-electron chi connectivity index (χ3n) is 2.93. The second kappa shape index (κ2) is 4.97. The van der Waals surface area contributed by atoms with Crippen molar-refractivity contribution in [3.63, 3.8) is 0 Å². The Morgan fingerprint density at radius 1 is 1.14 bits per heavy atom. The molecule has 0 aliphatic heterocycles. The second-order valence-electron chi connectivity index (χ2n) is 5.61. The molecule has 1 nitrogen and oxygen atoms in total. The first kappa shape index (κ1) is 11.8. The van der Waals surface area contributed by atoms with E-state index in [1.54, 1.807) is 0 Å². The zero-order chi connectivity index (χ0) is 10.6. The van der Waals surface area contributed by atoms with Crippen LogP contribution in [0.3, 0.4) is 0 Å². The number of allylic oxidation sites excluding steroid dienone is 1. The summed E-state index contributed by atoms with van der Waals surface area (Å²) in [4.78, 5) is 0. The monoisotopic (exact) mass is 196 g/mol. The van der Waals surface area contributed by atoms with Crippen molar-refractivity contribution in [1.82, 2.24) is 0 Å². The molecule has 0 aromatic rings. The lowest BCUT2D eigenvalue weighted by atomic mass is 9.84. The van der Waals surface area contributed by atoms with Crippen LogP contribution < -0.4 is 0 Å². The van der Waals surface area contributed by atoms with Crippen LogP contribution in [-0.2, 0) is 0 Å². The largest absolute Gasteiger partial charge is 0.389 e. The van der Waals surface area contributed by atoms with Gasteiger partial charge in [-0.1, -0.05) is 52.2 Å². The van der Waals surface area contributed by atoms with Crippen molar-refractivity contribution >= 4 is 0 Å². The van der Waals surface area contributed by atoms with Crippen molar-refractivity contribution in [3.8, 4) is 0 Å². The van der Waals surface area contributed by atoms with E-state index in [4.69, 9.17) is 0 Å². The Morgan fingerprint density at radius 2 is 1.71 bits per heavy atom.